The van der Waals surface area contributed by atoms with Gasteiger partial charge < -0.3 is 23.8 Å². The molecule has 5 atom stereocenters. The number of hydrogen-bond acceptors (Lipinski definition) is 7. The van der Waals surface area contributed by atoms with E-state index in [1.807, 2.05) is 65.0 Å². The van der Waals surface area contributed by atoms with Crippen LogP contribution in [-0.4, -0.2) is 90.3 Å². The summed E-state index contributed by atoms with van der Waals surface area (Å²) in [6, 6.07) is 11.4. The second-order valence-corrected chi connectivity index (χ2v) is 19.1. The monoisotopic (exact) mass is 803 g/mol. The number of alkyl halides is 1. The van der Waals surface area contributed by atoms with Crippen molar-refractivity contribution in [3.63, 3.8) is 0 Å². The smallest absolute Gasteiger partial charge is 0.410 e. The lowest BCUT2D eigenvalue weighted by Crippen LogP contribution is -2.51. The van der Waals surface area contributed by atoms with Gasteiger partial charge in [0.05, 0.1) is 34.0 Å². The molecule has 4 rings (SSSR count). The summed E-state index contributed by atoms with van der Waals surface area (Å²) in [4.78, 5) is 47.6. The quantitative estimate of drug-likeness (QED) is 0.169. The minimum absolute atomic E-state index is 0.0702. The molecule has 11 nitrogen and oxygen atoms in total. The van der Waals surface area contributed by atoms with Crippen LogP contribution in [-0.2, 0) is 36.6 Å². The number of amides is 2. The minimum Gasteiger partial charge on any atom is -0.453 e. The summed E-state index contributed by atoms with van der Waals surface area (Å²) in [5.41, 5.74) is -0.933. The lowest BCUT2D eigenvalue weighted by atomic mass is 9.79. The third-order valence-electron chi connectivity index (χ3n) is 9.48. The van der Waals surface area contributed by atoms with Crippen molar-refractivity contribution in [3.05, 3.63) is 77.8 Å². The van der Waals surface area contributed by atoms with E-state index in [4.69, 9.17) is 14.5 Å². The van der Waals surface area contributed by atoms with Crippen molar-refractivity contribution in [3.8, 4) is 11.3 Å². The van der Waals surface area contributed by atoms with Crippen molar-refractivity contribution in [1.29, 1.82) is 0 Å². The van der Waals surface area contributed by atoms with E-state index < -0.39 is 80.6 Å². The van der Waals surface area contributed by atoms with Gasteiger partial charge in [-0.1, -0.05) is 44.2 Å². The number of carbonyl (C=O) groups is 3. The van der Waals surface area contributed by atoms with E-state index in [2.05, 4.69) is 4.72 Å². The zero-order chi connectivity index (χ0) is 41.7. The predicted molar refractivity (Wildman–Crippen MR) is 209 cm³/mol. The highest BCUT2D eigenvalue weighted by molar-refractivity contribution is 7.84. The highest BCUT2D eigenvalue weighted by atomic mass is 32.2. The first-order valence-corrected chi connectivity index (χ1v) is 19.9. The maximum atomic E-state index is 16.1. The van der Waals surface area contributed by atoms with Crippen LogP contribution in [0.3, 0.4) is 0 Å². The molecule has 1 N–H and O–H groups in total. The molecule has 0 radical (unpaired) electrons. The molecule has 15 heteroatoms. The number of rotatable bonds is 14. The van der Waals surface area contributed by atoms with Crippen LogP contribution in [0, 0.1) is 23.0 Å². The Kier molecular flexibility index (Phi) is 14.2. The Morgan fingerprint density at radius 1 is 1.02 bits per heavy atom. The Labute approximate surface area is 330 Å². The van der Waals surface area contributed by atoms with Gasteiger partial charge >= 0.3 is 12.1 Å². The summed E-state index contributed by atoms with van der Waals surface area (Å²) in [5.74, 6) is -3.36. The molecule has 1 aliphatic heterocycles. The Bertz CT molecular complexity index is 1880. The molecule has 1 aliphatic rings. The van der Waals surface area contributed by atoms with E-state index in [0.29, 0.717) is 6.42 Å². The SMILES string of the molecule is CC(=O)OC(C)C(=O)N(CC1CN(C(=O)OC(C)(C)C)CC1F)C(c1nc(-c2cc(F)ccc2F)cn1Cc1ccccc1)C(C)(C)CCNS(=O)C(C)(C)C. The average Bonchev–Trinajstić information content (AvgIpc) is 3.66. The summed E-state index contributed by atoms with van der Waals surface area (Å²) in [5, 5.41) is 0. The molecule has 3 aromatic rings. The first-order valence-electron chi connectivity index (χ1n) is 18.8. The van der Waals surface area contributed by atoms with Crippen molar-refractivity contribution in [1.82, 2.24) is 24.1 Å². The molecule has 1 aromatic heterocycles. The van der Waals surface area contributed by atoms with Gasteiger partial charge in [0, 0.05) is 50.8 Å². The van der Waals surface area contributed by atoms with Crippen molar-refractivity contribution < 1.29 is 41.2 Å². The van der Waals surface area contributed by atoms with E-state index >= 15 is 8.78 Å². The minimum atomic E-state index is -1.55. The molecule has 2 heterocycles. The number of hydrogen-bond donors (Lipinski definition) is 1. The van der Waals surface area contributed by atoms with Gasteiger partial charge in [0.15, 0.2) is 6.10 Å². The molecular formula is C41H56F3N5O6S. The van der Waals surface area contributed by atoms with Crippen molar-refractivity contribution >= 4 is 29.0 Å². The number of ether oxygens (including phenoxy) is 2. The van der Waals surface area contributed by atoms with Crippen LogP contribution >= 0.6 is 0 Å². The second-order valence-electron chi connectivity index (χ2n) is 17.0. The number of halogens is 3. The van der Waals surface area contributed by atoms with Gasteiger partial charge in [-0.25, -0.2) is 31.9 Å². The molecule has 0 spiro atoms. The number of nitrogens with one attached hydrogen (secondary N) is 1. The van der Waals surface area contributed by atoms with Gasteiger partial charge in [0.1, 0.15) is 29.2 Å². The highest BCUT2D eigenvalue weighted by Gasteiger charge is 2.46. The molecule has 0 bridgehead atoms. The van der Waals surface area contributed by atoms with Crippen molar-refractivity contribution in [2.24, 2.45) is 11.3 Å². The topological polar surface area (TPSA) is 123 Å². The Balaban J connectivity index is 1.92. The number of carbonyl (C=O) groups excluding carboxylic acids is 3. The first kappa shape index (κ1) is 44.5. The van der Waals surface area contributed by atoms with Crippen LogP contribution in [0.4, 0.5) is 18.0 Å². The fourth-order valence-corrected chi connectivity index (χ4v) is 7.42. The van der Waals surface area contributed by atoms with E-state index in [1.54, 1.807) is 31.5 Å². The zero-order valence-corrected chi connectivity index (χ0v) is 34.8. The van der Waals surface area contributed by atoms with Gasteiger partial charge in [0.2, 0.25) is 0 Å². The largest absolute Gasteiger partial charge is 0.453 e. The normalized spacial score (nSPS) is 18.0. The first-order chi connectivity index (χ1) is 26.0. The molecule has 308 valence electrons. The lowest BCUT2D eigenvalue weighted by Gasteiger charge is -2.44. The van der Waals surface area contributed by atoms with Crippen LogP contribution in [0.25, 0.3) is 11.3 Å². The fraction of sp³-hybridized carbons (Fsp3) is 0.561. The maximum Gasteiger partial charge on any atom is 0.410 e. The van der Waals surface area contributed by atoms with Gasteiger partial charge in [-0.2, -0.15) is 0 Å². The number of imidazole rings is 1. The molecule has 56 heavy (non-hydrogen) atoms. The van der Waals surface area contributed by atoms with E-state index in [9.17, 15) is 23.0 Å². The maximum absolute atomic E-state index is 16.1. The molecule has 1 saturated heterocycles. The van der Waals surface area contributed by atoms with Crippen molar-refractivity contribution in [2.75, 3.05) is 26.2 Å². The van der Waals surface area contributed by atoms with Crippen LogP contribution in [0.5, 0.6) is 0 Å². The molecule has 0 aliphatic carbocycles. The summed E-state index contributed by atoms with van der Waals surface area (Å²) in [7, 11) is -1.43. The molecule has 0 saturated carbocycles. The van der Waals surface area contributed by atoms with Crippen LogP contribution in [0.2, 0.25) is 0 Å². The number of likely N-dealkylation sites (tertiary alicyclic amines) is 1. The Hall–Kier alpha value is -4.24. The molecule has 1 fully saturated rings. The number of benzene rings is 2. The third kappa shape index (κ3) is 11.7. The standard InChI is InChI=1S/C41H56F3N5O6S/c1-26(54-27(2)50)37(51)49(23-29-22-48(24-33(29)44)38(52)55-39(3,4)5)35(41(9,10)18-19-45-56(53)40(6,7)8)36-46-34(31-20-30(42)16-17-32(31)43)25-47(36)21-28-14-12-11-13-15-28/h11-17,20,25-26,29,33,35,45H,18-19,21-24H2,1-10H3. The van der Waals surface area contributed by atoms with E-state index in [1.165, 1.54) is 23.6 Å². The molecule has 2 amide bonds. The number of esters is 1. The Morgan fingerprint density at radius 3 is 2.29 bits per heavy atom. The highest BCUT2D eigenvalue weighted by Crippen LogP contribution is 2.43. The van der Waals surface area contributed by atoms with Gasteiger partial charge in [-0.15, -0.1) is 0 Å². The summed E-state index contributed by atoms with van der Waals surface area (Å²) in [6.07, 6.45) is -1.66. The van der Waals surface area contributed by atoms with Crippen LogP contribution in [0.15, 0.2) is 54.7 Å². The molecule has 5 unspecified atom stereocenters. The predicted octanol–water partition coefficient (Wildman–Crippen LogP) is 7.37. The summed E-state index contributed by atoms with van der Waals surface area (Å²) >= 11 is 0. The zero-order valence-electron chi connectivity index (χ0n) is 34.0. The number of aromatic nitrogens is 2. The van der Waals surface area contributed by atoms with Crippen molar-refractivity contribution in [2.45, 2.75) is 111 Å². The van der Waals surface area contributed by atoms with Gasteiger partial charge in [-0.3, -0.25) is 9.59 Å². The lowest BCUT2D eigenvalue weighted by molar-refractivity contribution is -0.161. The fourth-order valence-electron chi connectivity index (χ4n) is 6.70. The van der Waals surface area contributed by atoms with Gasteiger partial charge in [-0.05, 0) is 84.1 Å². The average molecular weight is 804 g/mol. The molecule has 2 aromatic carbocycles. The van der Waals surface area contributed by atoms with E-state index in [0.717, 1.165) is 23.8 Å². The second kappa shape index (κ2) is 17.9. The van der Waals surface area contributed by atoms with E-state index in [-0.39, 0.29) is 49.8 Å². The third-order valence-corrected chi connectivity index (χ3v) is 11.1. The van der Waals surface area contributed by atoms with Crippen LogP contribution in [0.1, 0.15) is 93.1 Å². The van der Waals surface area contributed by atoms with Gasteiger partial charge in [0.25, 0.3) is 5.91 Å². The summed E-state index contributed by atoms with van der Waals surface area (Å²) in [6.45, 7) is 16.9. The molecular weight excluding hydrogens is 748 g/mol. The Morgan fingerprint density at radius 2 is 1.68 bits per heavy atom. The van der Waals surface area contributed by atoms with Crippen LogP contribution < -0.4 is 4.72 Å². The summed E-state index contributed by atoms with van der Waals surface area (Å²) < 4.78 is 74.3. The number of nitrogens with zero attached hydrogens (tertiary/aromatic N) is 4.